The molecule has 1 aromatic heterocycles. The number of nitrogens with zero attached hydrogens (tertiary/aromatic N) is 3. The van der Waals surface area contributed by atoms with Crippen molar-refractivity contribution in [3.8, 4) is 5.69 Å². The minimum atomic E-state index is 0.816. The molecule has 2 aromatic rings. The Morgan fingerprint density at radius 3 is 2.68 bits per heavy atom. The lowest BCUT2D eigenvalue weighted by atomic mass is 10.2. The molecule has 1 saturated carbocycles. The minimum absolute atomic E-state index is 0.816. The van der Waals surface area contributed by atoms with Gasteiger partial charge in [0.25, 0.3) is 0 Å². The predicted octanol–water partition coefficient (Wildman–Crippen LogP) is 2.84. The van der Waals surface area contributed by atoms with Crippen LogP contribution in [0.25, 0.3) is 5.69 Å². The Morgan fingerprint density at radius 2 is 2.00 bits per heavy atom. The van der Waals surface area contributed by atoms with E-state index in [1.54, 1.807) is 6.20 Å². The van der Waals surface area contributed by atoms with Gasteiger partial charge in [-0.1, -0.05) is 25.0 Å². The van der Waals surface area contributed by atoms with Crippen LogP contribution in [0.15, 0.2) is 43.0 Å². The number of nitrogens with one attached hydrogen (secondary N) is 1. The Bertz CT molecular complexity index is 541. The average molecular weight is 298 g/mol. The molecular weight excluding hydrogens is 272 g/mol. The van der Waals surface area contributed by atoms with Gasteiger partial charge < -0.3 is 14.8 Å². The number of hydrogen-bond acceptors (Lipinski definition) is 3. The van der Waals surface area contributed by atoms with Crippen LogP contribution in [-0.4, -0.2) is 40.6 Å². The molecule has 4 nitrogen and oxygen atoms in total. The van der Waals surface area contributed by atoms with E-state index in [1.807, 2.05) is 17.1 Å². The number of imidazole rings is 1. The molecule has 0 saturated heterocycles. The first-order valence-electron chi connectivity index (χ1n) is 8.31. The third kappa shape index (κ3) is 3.96. The van der Waals surface area contributed by atoms with E-state index in [-0.39, 0.29) is 0 Å². The van der Waals surface area contributed by atoms with E-state index in [9.17, 15) is 0 Å². The predicted molar refractivity (Wildman–Crippen MR) is 90.2 cm³/mol. The Balaban J connectivity index is 1.40. The first-order valence-corrected chi connectivity index (χ1v) is 8.31. The molecule has 1 N–H and O–H groups in total. The second-order valence-electron chi connectivity index (χ2n) is 6.23. The maximum atomic E-state index is 4.08. The zero-order valence-electron chi connectivity index (χ0n) is 13.4. The van der Waals surface area contributed by atoms with Gasteiger partial charge in [-0.25, -0.2) is 4.98 Å². The summed E-state index contributed by atoms with van der Waals surface area (Å²) in [6, 6.07) is 9.47. The number of likely N-dealkylation sites (N-methyl/N-ethyl adjacent to an activating group) is 1. The third-order valence-corrected chi connectivity index (χ3v) is 4.66. The lowest BCUT2D eigenvalue weighted by Crippen LogP contribution is -2.35. The summed E-state index contributed by atoms with van der Waals surface area (Å²) >= 11 is 0. The molecule has 1 aliphatic carbocycles. The van der Waals surface area contributed by atoms with Crippen molar-refractivity contribution in [2.45, 2.75) is 38.3 Å². The second-order valence-corrected chi connectivity index (χ2v) is 6.23. The highest BCUT2D eigenvalue weighted by Crippen LogP contribution is 2.21. The highest BCUT2D eigenvalue weighted by Gasteiger charge is 2.18. The quantitative estimate of drug-likeness (QED) is 0.798. The van der Waals surface area contributed by atoms with Gasteiger partial charge in [-0.05, 0) is 37.6 Å². The first kappa shape index (κ1) is 15.3. The monoisotopic (exact) mass is 298 g/mol. The van der Waals surface area contributed by atoms with E-state index in [0.29, 0.717) is 0 Å². The van der Waals surface area contributed by atoms with E-state index in [2.05, 4.69) is 46.5 Å². The van der Waals surface area contributed by atoms with Crippen LogP contribution in [0.3, 0.4) is 0 Å². The molecule has 0 atom stereocenters. The van der Waals surface area contributed by atoms with Crippen LogP contribution < -0.4 is 5.32 Å². The van der Waals surface area contributed by atoms with Gasteiger partial charge in [0.1, 0.15) is 0 Å². The Kier molecular flexibility index (Phi) is 5.24. The molecule has 1 fully saturated rings. The Morgan fingerprint density at radius 1 is 1.23 bits per heavy atom. The summed E-state index contributed by atoms with van der Waals surface area (Å²) in [6.45, 7) is 3.12. The maximum Gasteiger partial charge on any atom is 0.0991 e. The number of benzene rings is 1. The van der Waals surface area contributed by atoms with Crippen LogP contribution in [0.1, 0.15) is 31.2 Å². The van der Waals surface area contributed by atoms with Gasteiger partial charge in [-0.3, -0.25) is 0 Å². The maximum absolute atomic E-state index is 4.08. The van der Waals surface area contributed by atoms with Crippen LogP contribution in [0, 0.1) is 0 Å². The van der Waals surface area contributed by atoms with Crippen molar-refractivity contribution in [2.75, 3.05) is 20.1 Å². The largest absolute Gasteiger partial charge is 0.311 e. The standard InChI is InChI=1S/C18H26N4/c1-21(17-4-2-3-5-17)12-10-19-14-16-6-8-18(9-7-16)22-13-11-20-15-22/h6-9,11,13,15,17,19H,2-5,10,12,14H2,1H3. The normalized spacial score (nSPS) is 15.7. The van der Waals surface area contributed by atoms with Crippen molar-refractivity contribution in [1.29, 1.82) is 0 Å². The van der Waals surface area contributed by atoms with Crippen LogP contribution in [0.4, 0.5) is 0 Å². The SMILES string of the molecule is CN(CCNCc1ccc(-n2ccnc2)cc1)C1CCCC1. The fraction of sp³-hybridized carbons (Fsp3) is 0.500. The molecule has 1 aromatic carbocycles. The molecule has 22 heavy (non-hydrogen) atoms. The highest BCUT2D eigenvalue weighted by atomic mass is 15.1. The third-order valence-electron chi connectivity index (χ3n) is 4.66. The molecule has 0 radical (unpaired) electrons. The molecule has 118 valence electrons. The molecule has 3 rings (SSSR count). The second kappa shape index (κ2) is 7.56. The van der Waals surface area contributed by atoms with Gasteiger partial charge >= 0.3 is 0 Å². The zero-order chi connectivity index (χ0) is 15.2. The van der Waals surface area contributed by atoms with Gasteiger partial charge in [0.2, 0.25) is 0 Å². The summed E-state index contributed by atoms with van der Waals surface area (Å²) in [7, 11) is 2.26. The summed E-state index contributed by atoms with van der Waals surface area (Å²) in [5.74, 6) is 0. The highest BCUT2D eigenvalue weighted by molar-refractivity contribution is 5.34. The summed E-state index contributed by atoms with van der Waals surface area (Å²) in [6.07, 6.45) is 11.2. The molecule has 0 bridgehead atoms. The minimum Gasteiger partial charge on any atom is -0.311 e. The fourth-order valence-electron chi connectivity index (χ4n) is 3.21. The number of rotatable bonds is 7. The lowest BCUT2D eigenvalue weighted by molar-refractivity contribution is 0.245. The number of hydrogen-bond donors (Lipinski definition) is 1. The van der Waals surface area contributed by atoms with Crippen molar-refractivity contribution in [2.24, 2.45) is 0 Å². The van der Waals surface area contributed by atoms with E-state index < -0.39 is 0 Å². The summed E-state index contributed by atoms with van der Waals surface area (Å²) in [5.41, 5.74) is 2.48. The van der Waals surface area contributed by atoms with E-state index in [4.69, 9.17) is 0 Å². The Labute approximate surface area is 133 Å². The van der Waals surface area contributed by atoms with Gasteiger partial charge in [0.05, 0.1) is 6.33 Å². The summed E-state index contributed by atoms with van der Waals surface area (Å²) in [5, 5.41) is 3.55. The molecule has 4 heteroatoms. The van der Waals surface area contributed by atoms with E-state index in [1.165, 1.54) is 31.2 Å². The van der Waals surface area contributed by atoms with Crippen LogP contribution in [0.5, 0.6) is 0 Å². The Hall–Kier alpha value is -1.65. The molecule has 0 unspecified atom stereocenters. The smallest absolute Gasteiger partial charge is 0.0991 e. The van der Waals surface area contributed by atoms with Crippen molar-refractivity contribution < 1.29 is 0 Å². The topological polar surface area (TPSA) is 33.1 Å². The van der Waals surface area contributed by atoms with Crippen molar-refractivity contribution >= 4 is 0 Å². The number of aromatic nitrogens is 2. The van der Waals surface area contributed by atoms with Crippen molar-refractivity contribution in [3.05, 3.63) is 48.5 Å². The van der Waals surface area contributed by atoms with Gasteiger partial charge in [0.15, 0.2) is 0 Å². The average Bonchev–Trinajstić information content (AvgIpc) is 3.25. The van der Waals surface area contributed by atoms with E-state index >= 15 is 0 Å². The van der Waals surface area contributed by atoms with Crippen LogP contribution >= 0.6 is 0 Å². The first-order chi connectivity index (χ1) is 10.8. The lowest BCUT2D eigenvalue weighted by Gasteiger charge is -2.24. The van der Waals surface area contributed by atoms with Crippen molar-refractivity contribution in [3.63, 3.8) is 0 Å². The van der Waals surface area contributed by atoms with Gasteiger partial charge in [-0.15, -0.1) is 0 Å². The molecule has 0 amide bonds. The van der Waals surface area contributed by atoms with Crippen molar-refractivity contribution in [1.82, 2.24) is 19.8 Å². The summed E-state index contributed by atoms with van der Waals surface area (Å²) in [4.78, 5) is 6.59. The molecule has 1 heterocycles. The van der Waals surface area contributed by atoms with E-state index in [0.717, 1.165) is 31.4 Å². The van der Waals surface area contributed by atoms with Gasteiger partial charge in [-0.2, -0.15) is 0 Å². The molecule has 0 aliphatic heterocycles. The zero-order valence-corrected chi connectivity index (χ0v) is 13.4. The molecule has 0 spiro atoms. The fourth-order valence-corrected chi connectivity index (χ4v) is 3.21. The summed E-state index contributed by atoms with van der Waals surface area (Å²) < 4.78 is 2.02. The molecule has 1 aliphatic rings. The molecular formula is C18H26N4. The van der Waals surface area contributed by atoms with Crippen LogP contribution in [-0.2, 0) is 6.54 Å². The van der Waals surface area contributed by atoms with Crippen LogP contribution in [0.2, 0.25) is 0 Å². The van der Waals surface area contributed by atoms with Gasteiger partial charge in [0, 0.05) is 43.8 Å².